The van der Waals surface area contributed by atoms with Crippen molar-refractivity contribution in [2.24, 2.45) is 5.92 Å². The molecule has 2 rings (SSSR count). The van der Waals surface area contributed by atoms with Crippen molar-refractivity contribution in [2.75, 3.05) is 5.32 Å². The van der Waals surface area contributed by atoms with Crippen molar-refractivity contribution in [1.82, 2.24) is 0 Å². The Bertz CT molecular complexity index is 375. The lowest BCUT2D eigenvalue weighted by Gasteiger charge is -2.29. The molecule has 1 aliphatic carbocycles. The van der Waals surface area contributed by atoms with Gasteiger partial charge in [-0.3, -0.25) is 0 Å². The molecule has 0 aliphatic heterocycles. The molecule has 94 valence electrons. The summed E-state index contributed by atoms with van der Waals surface area (Å²) in [6.07, 6.45) is 6.36. The van der Waals surface area contributed by atoms with E-state index in [1.165, 1.54) is 32.1 Å². The van der Waals surface area contributed by atoms with Gasteiger partial charge in [-0.15, -0.1) is 0 Å². The van der Waals surface area contributed by atoms with Crippen molar-refractivity contribution in [3.63, 3.8) is 0 Å². The fourth-order valence-corrected chi connectivity index (χ4v) is 2.71. The average molecular weight is 235 g/mol. The van der Waals surface area contributed by atoms with Crippen LogP contribution in [0.5, 0.6) is 0 Å². The summed E-state index contributed by atoms with van der Waals surface area (Å²) in [5, 5.41) is 3.47. The van der Waals surface area contributed by atoms with Gasteiger partial charge < -0.3 is 5.32 Å². The lowest BCUT2D eigenvalue weighted by molar-refractivity contribution is 0.327. The predicted molar refractivity (Wildman–Crippen MR) is 70.8 cm³/mol. The maximum absolute atomic E-state index is 13.4. The number of nitrogens with one attached hydrogen (secondary N) is 1. The summed E-state index contributed by atoms with van der Waals surface area (Å²) in [4.78, 5) is 0. The summed E-state index contributed by atoms with van der Waals surface area (Å²) in [5.41, 5.74) is 1.64. The highest BCUT2D eigenvalue weighted by molar-refractivity contribution is 5.46. The quantitative estimate of drug-likeness (QED) is 0.812. The van der Waals surface area contributed by atoms with E-state index in [9.17, 15) is 4.39 Å². The van der Waals surface area contributed by atoms with Crippen LogP contribution in [0.4, 0.5) is 10.1 Å². The Balaban J connectivity index is 1.97. The van der Waals surface area contributed by atoms with E-state index >= 15 is 0 Å². The van der Waals surface area contributed by atoms with Crippen molar-refractivity contribution >= 4 is 5.69 Å². The van der Waals surface area contributed by atoms with Crippen LogP contribution in [0.25, 0.3) is 0 Å². The number of halogens is 1. The van der Waals surface area contributed by atoms with Crippen LogP contribution >= 0.6 is 0 Å². The highest BCUT2D eigenvalue weighted by Gasteiger charge is 2.20. The zero-order chi connectivity index (χ0) is 12.3. The normalized spacial score (nSPS) is 24.6. The topological polar surface area (TPSA) is 12.0 Å². The minimum atomic E-state index is -0.113. The van der Waals surface area contributed by atoms with E-state index in [-0.39, 0.29) is 5.82 Å². The Hall–Kier alpha value is -1.05. The van der Waals surface area contributed by atoms with Gasteiger partial charge in [0.2, 0.25) is 0 Å². The first-order valence-electron chi connectivity index (χ1n) is 6.71. The van der Waals surface area contributed by atoms with Gasteiger partial charge in [0.15, 0.2) is 0 Å². The number of aryl methyl sites for hydroxylation is 1. The van der Waals surface area contributed by atoms with Gasteiger partial charge >= 0.3 is 0 Å². The van der Waals surface area contributed by atoms with E-state index < -0.39 is 0 Å². The van der Waals surface area contributed by atoms with Crippen LogP contribution in [0.2, 0.25) is 0 Å². The van der Waals surface area contributed by atoms with Gasteiger partial charge in [-0.1, -0.05) is 32.3 Å². The Kier molecular flexibility index (Phi) is 4.03. The maximum atomic E-state index is 13.4. The zero-order valence-corrected chi connectivity index (χ0v) is 10.8. The summed E-state index contributed by atoms with van der Waals surface area (Å²) in [6, 6.07) is 5.97. The van der Waals surface area contributed by atoms with Gasteiger partial charge in [0.1, 0.15) is 5.82 Å². The van der Waals surface area contributed by atoms with E-state index in [0.717, 1.165) is 11.6 Å². The molecule has 0 amide bonds. The molecule has 0 aromatic heterocycles. The molecule has 17 heavy (non-hydrogen) atoms. The fraction of sp³-hybridized carbons (Fsp3) is 0.600. The first kappa shape index (κ1) is 12.4. The second-order valence-corrected chi connectivity index (χ2v) is 5.25. The molecule has 1 aromatic rings. The minimum absolute atomic E-state index is 0.113. The summed E-state index contributed by atoms with van der Waals surface area (Å²) in [7, 11) is 0. The van der Waals surface area contributed by atoms with E-state index in [0.29, 0.717) is 11.6 Å². The first-order chi connectivity index (χ1) is 8.19. The zero-order valence-electron chi connectivity index (χ0n) is 10.8. The molecule has 1 nitrogen and oxygen atoms in total. The number of benzene rings is 1. The van der Waals surface area contributed by atoms with Crippen LogP contribution in [0.1, 0.15) is 44.6 Å². The number of hydrogen-bond acceptors (Lipinski definition) is 1. The van der Waals surface area contributed by atoms with E-state index in [2.05, 4.69) is 12.2 Å². The Morgan fingerprint density at radius 2 is 2.18 bits per heavy atom. The molecule has 1 N–H and O–H groups in total. The first-order valence-corrected chi connectivity index (χ1v) is 6.71. The lowest BCUT2D eigenvalue weighted by atomic mass is 9.84. The van der Waals surface area contributed by atoms with Gasteiger partial charge in [0.25, 0.3) is 0 Å². The largest absolute Gasteiger partial charge is 0.382 e. The van der Waals surface area contributed by atoms with Gasteiger partial charge in [-0.05, 0) is 43.4 Å². The van der Waals surface area contributed by atoms with Gasteiger partial charge in [-0.25, -0.2) is 4.39 Å². The molecule has 2 atom stereocenters. The number of anilines is 1. The molecule has 1 aliphatic rings. The third-order valence-electron chi connectivity index (χ3n) is 3.90. The molecule has 0 spiro atoms. The summed E-state index contributed by atoms with van der Waals surface area (Å²) < 4.78 is 13.4. The smallest absolute Gasteiger partial charge is 0.128 e. The number of hydrogen-bond donors (Lipinski definition) is 1. The SMILES string of the molecule is CCC1CCCC(Nc2ccc(C)c(F)c2)C1. The monoisotopic (exact) mass is 235 g/mol. The second-order valence-electron chi connectivity index (χ2n) is 5.25. The lowest BCUT2D eigenvalue weighted by Crippen LogP contribution is -2.27. The van der Waals surface area contributed by atoms with Gasteiger partial charge in [0.05, 0.1) is 0 Å². The van der Waals surface area contributed by atoms with Crippen molar-refractivity contribution in [2.45, 2.75) is 52.0 Å². The van der Waals surface area contributed by atoms with Crippen molar-refractivity contribution in [1.29, 1.82) is 0 Å². The van der Waals surface area contributed by atoms with E-state index in [4.69, 9.17) is 0 Å². The molecule has 1 aromatic carbocycles. The summed E-state index contributed by atoms with van der Waals surface area (Å²) in [6.45, 7) is 4.06. The third-order valence-corrected chi connectivity index (χ3v) is 3.90. The van der Waals surface area contributed by atoms with Crippen LogP contribution in [0.15, 0.2) is 18.2 Å². The highest BCUT2D eigenvalue weighted by atomic mass is 19.1. The summed E-state index contributed by atoms with van der Waals surface area (Å²) in [5.74, 6) is 0.731. The third kappa shape index (κ3) is 3.21. The molecule has 0 radical (unpaired) electrons. The van der Waals surface area contributed by atoms with Gasteiger partial charge in [0, 0.05) is 11.7 Å². The summed E-state index contributed by atoms with van der Waals surface area (Å²) >= 11 is 0. The fourth-order valence-electron chi connectivity index (χ4n) is 2.71. The van der Waals surface area contributed by atoms with E-state index in [1.807, 2.05) is 12.1 Å². The van der Waals surface area contributed by atoms with Crippen molar-refractivity contribution in [3.05, 3.63) is 29.6 Å². The highest BCUT2D eigenvalue weighted by Crippen LogP contribution is 2.28. The number of rotatable bonds is 3. The molecule has 0 bridgehead atoms. The van der Waals surface area contributed by atoms with Crippen molar-refractivity contribution in [3.8, 4) is 0 Å². The van der Waals surface area contributed by atoms with Crippen LogP contribution in [-0.4, -0.2) is 6.04 Å². The Morgan fingerprint density at radius 1 is 1.35 bits per heavy atom. The molecule has 2 heteroatoms. The van der Waals surface area contributed by atoms with Gasteiger partial charge in [-0.2, -0.15) is 0 Å². The standard InChI is InChI=1S/C15H22FN/c1-3-12-5-4-6-13(9-12)17-14-8-7-11(2)15(16)10-14/h7-8,10,12-13,17H,3-6,9H2,1-2H3. The molecule has 0 heterocycles. The molecule has 1 saturated carbocycles. The second kappa shape index (κ2) is 5.52. The average Bonchev–Trinajstić information content (AvgIpc) is 2.34. The molecule has 1 fully saturated rings. The molecule has 2 unspecified atom stereocenters. The predicted octanol–water partition coefficient (Wildman–Crippen LogP) is 4.51. The Morgan fingerprint density at radius 3 is 2.88 bits per heavy atom. The Labute approximate surface area is 103 Å². The molecular formula is C15H22FN. The van der Waals surface area contributed by atoms with Crippen LogP contribution in [0, 0.1) is 18.7 Å². The minimum Gasteiger partial charge on any atom is -0.382 e. The van der Waals surface area contributed by atoms with Crippen LogP contribution < -0.4 is 5.32 Å². The van der Waals surface area contributed by atoms with E-state index in [1.54, 1.807) is 13.0 Å². The van der Waals surface area contributed by atoms with Crippen molar-refractivity contribution < 1.29 is 4.39 Å². The van der Waals surface area contributed by atoms with Crippen LogP contribution in [-0.2, 0) is 0 Å². The van der Waals surface area contributed by atoms with Crippen LogP contribution in [0.3, 0.4) is 0 Å². The molecule has 0 saturated heterocycles. The maximum Gasteiger partial charge on any atom is 0.128 e. The molecular weight excluding hydrogens is 213 g/mol.